The third-order valence-corrected chi connectivity index (χ3v) is 4.97. The Morgan fingerprint density at radius 2 is 1.95 bits per heavy atom. The molecule has 1 aromatic heterocycles. The molecule has 3 atom stereocenters. The van der Waals surface area contributed by atoms with Crippen LogP contribution in [0.3, 0.4) is 0 Å². The van der Waals surface area contributed by atoms with Crippen LogP contribution in [-0.4, -0.2) is 23.3 Å². The van der Waals surface area contributed by atoms with Gasteiger partial charge in [-0.1, -0.05) is 6.42 Å². The van der Waals surface area contributed by atoms with Crippen LogP contribution in [0.2, 0.25) is 0 Å². The highest BCUT2D eigenvalue weighted by Gasteiger charge is 2.42. The maximum atomic E-state index is 12.1. The molecular formula is C17H23N3O2. The summed E-state index contributed by atoms with van der Waals surface area (Å²) in [5.74, 6) is 1.66. The molecule has 0 radical (unpaired) electrons. The highest BCUT2D eigenvalue weighted by Crippen LogP contribution is 2.48. The van der Waals surface area contributed by atoms with Crippen molar-refractivity contribution in [3.63, 3.8) is 0 Å². The van der Waals surface area contributed by atoms with Crippen molar-refractivity contribution in [2.45, 2.75) is 38.6 Å². The van der Waals surface area contributed by atoms with Crippen LogP contribution >= 0.6 is 0 Å². The summed E-state index contributed by atoms with van der Waals surface area (Å²) in [5, 5.41) is 5.78. The van der Waals surface area contributed by atoms with Crippen molar-refractivity contribution in [1.82, 2.24) is 15.6 Å². The number of carbonyl (C=O) groups excluding carboxylic acids is 2. The number of hydrogen-bond donors (Lipinski definition) is 2. The summed E-state index contributed by atoms with van der Waals surface area (Å²) in [5.41, 5.74) is 1.02. The average Bonchev–Trinajstić information content (AvgIpc) is 3.17. The van der Waals surface area contributed by atoms with Gasteiger partial charge in [-0.3, -0.25) is 14.6 Å². The summed E-state index contributed by atoms with van der Waals surface area (Å²) < 4.78 is 0. The molecule has 22 heavy (non-hydrogen) atoms. The molecule has 2 fully saturated rings. The Bertz CT molecular complexity index is 532. The second-order valence-corrected chi connectivity index (χ2v) is 6.45. The predicted octanol–water partition coefficient (Wildman–Crippen LogP) is 1.64. The van der Waals surface area contributed by atoms with Gasteiger partial charge in [-0.2, -0.15) is 0 Å². The van der Waals surface area contributed by atoms with Crippen LogP contribution in [0.5, 0.6) is 0 Å². The lowest BCUT2D eigenvalue weighted by molar-refractivity contribution is -0.126. The topological polar surface area (TPSA) is 71.1 Å². The van der Waals surface area contributed by atoms with Gasteiger partial charge in [0, 0.05) is 37.8 Å². The number of pyridine rings is 1. The quantitative estimate of drug-likeness (QED) is 0.839. The molecule has 0 saturated heterocycles. The molecule has 3 rings (SSSR count). The van der Waals surface area contributed by atoms with Crippen LogP contribution in [0.4, 0.5) is 0 Å². The Balaban J connectivity index is 1.33. The molecule has 118 valence electrons. The molecule has 0 unspecified atom stereocenters. The van der Waals surface area contributed by atoms with Gasteiger partial charge in [0.15, 0.2) is 0 Å². The van der Waals surface area contributed by atoms with E-state index in [9.17, 15) is 9.59 Å². The Morgan fingerprint density at radius 1 is 1.14 bits per heavy atom. The number of carbonyl (C=O) groups is 2. The molecule has 2 bridgehead atoms. The number of nitrogens with zero attached hydrogens (tertiary/aromatic N) is 1. The first-order valence-corrected chi connectivity index (χ1v) is 8.15. The van der Waals surface area contributed by atoms with Crippen molar-refractivity contribution < 1.29 is 9.59 Å². The van der Waals surface area contributed by atoms with Crippen molar-refractivity contribution in [3.05, 3.63) is 30.1 Å². The van der Waals surface area contributed by atoms with Crippen molar-refractivity contribution in [3.8, 4) is 0 Å². The fourth-order valence-electron chi connectivity index (χ4n) is 3.79. The zero-order valence-corrected chi connectivity index (χ0v) is 12.8. The predicted molar refractivity (Wildman–Crippen MR) is 82.6 cm³/mol. The minimum Gasteiger partial charge on any atom is -0.355 e. The van der Waals surface area contributed by atoms with Crippen LogP contribution in [0, 0.1) is 17.8 Å². The van der Waals surface area contributed by atoms with Crippen molar-refractivity contribution in [1.29, 1.82) is 0 Å². The Labute approximate surface area is 130 Å². The highest BCUT2D eigenvalue weighted by atomic mass is 16.2. The van der Waals surface area contributed by atoms with E-state index in [1.807, 2.05) is 12.1 Å². The second kappa shape index (κ2) is 6.90. The van der Waals surface area contributed by atoms with Gasteiger partial charge >= 0.3 is 0 Å². The van der Waals surface area contributed by atoms with Gasteiger partial charge in [0.2, 0.25) is 11.8 Å². The van der Waals surface area contributed by atoms with E-state index in [4.69, 9.17) is 0 Å². The van der Waals surface area contributed by atoms with Gasteiger partial charge in [0.25, 0.3) is 0 Å². The number of amides is 2. The Hall–Kier alpha value is -1.91. The molecule has 1 heterocycles. The van der Waals surface area contributed by atoms with Crippen LogP contribution in [-0.2, 0) is 16.1 Å². The van der Waals surface area contributed by atoms with E-state index in [2.05, 4.69) is 15.6 Å². The van der Waals surface area contributed by atoms with Crippen LogP contribution < -0.4 is 10.6 Å². The molecule has 1 aromatic rings. The number of nitrogens with one attached hydrogen (secondary N) is 2. The van der Waals surface area contributed by atoms with Gasteiger partial charge in [-0.05, 0) is 48.8 Å². The summed E-state index contributed by atoms with van der Waals surface area (Å²) in [6.45, 7) is 0.927. The third kappa shape index (κ3) is 3.64. The van der Waals surface area contributed by atoms with Crippen LogP contribution in [0.25, 0.3) is 0 Å². The zero-order valence-electron chi connectivity index (χ0n) is 12.8. The average molecular weight is 301 g/mol. The van der Waals surface area contributed by atoms with E-state index >= 15 is 0 Å². The fourth-order valence-corrected chi connectivity index (χ4v) is 3.79. The van der Waals surface area contributed by atoms with Crippen LogP contribution in [0.15, 0.2) is 24.5 Å². The molecule has 0 aliphatic heterocycles. The summed E-state index contributed by atoms with van der Waals surface area (Å²) >= 11 is 0. The standard InChI is InChI=1S/C17H23N3O2/c21-16(20-11-12-3-6-18-7-4-12)5-8-19-17(22)15-10-13-1-2-14(15)9-13/h3-4,6-7,13-15H,1-2,5,8-11H2,(H,19,22)(H,20,21)/t13-,14-,15-/m0/s1. The minimum atomic E-state index is -0.0370. The van der Waals surface area contributed by atoms with E-state index in [1.165, 1.54) is 19.3 Å². The monoisotopic (exact) mass is 301 g/mol. The lowest BCUT2D eigenvalue weighted by Gasteiger charge is -2.20. The van der Waals surface area contributed by atoms with Gasteiger partial charge < -0.3 is 10.6 Å². The van der Waals surface area contributed by atoms with E-state index < -0.39 is 0 Å². The zero-order chi connectivity index (χ0) is 15.4. The maximum Gasteiger partial charge on any atom is 0.223 e. The van der Waals surface area contributed by atoms with E-state index in [1.54, 1.807) is 12.4 Å². The smallest absolute Gasteiger partial charge is 0.223 e. The molecule has 2 amide bonds. The number of hydrogen-bond acceptors (Lipinski definition) is 3. The van der Waals surface area contributed by atoms with Gasteiger partial charge in [-0.15, -0.1) is 0 Å². The molecule has 2 aliphatic rings. The number of aromatic nitrogens is 1. The molecule has 2 N–H and O–H groups in total. The molecule has 5 nitrogen and oxygen atoms in total. The lowest BCUT2D eigenvalue weighted by Crippen LogP contribution is -2.36. The van der Waals surface area contributed by atoms with Gasteiger partial charge in [0.05, 0.1) is 0 Å². The molecule has 2 saturated carbocycles. The largest absolute Gasteiger partial charge is 0.355 e. The number of fused-ring (bicyclic) bond motifs is 2. The molecule has 5 heteroatoms. The highest BCUT2D eigenvalue weighted by molar-refractivity contribution is 5.81. The molecule has 2 aliphatic carbocycles. The normalized spacial score (nSPS) is 25.9. The third-order valence-electron chi connectivity index (χ3n) is 4.97. The van der Waals surface area contributed by atoms with Gasteiger partial charge in [0.1, 0.15) is 0 Å². The maximum absolute atomic E-state index is 12.1. The minimum absolute atomic E-state index is 0.0370. The first kappa shape index (κ1) is 15.0. The number of rotatable bonds is 6. The van der Waals surface area contributed by atoms with Gasteiger partial charge in [-0.25, -0.2) is 0 Å². The first-order chi connectivity index (χ1) is 10.7. The summed E-state index contributed by atoms with van der Waals surface area (Å²) in [6, 6.07) is 3.74. The van der Waals surface area contributed by atoms with E-state index in [0.717, 1.165) is 17.9 Å². The molecular weight excluding hydrogens is 278 g/mol. The summed E-state index contributed by atoms with van der Waals surface area (Å²) in [4.78, 5) is 27.9. The first-order valence-electron chi connectivity index (χ1n) is 8.15. The lowest BCUT2D eigenvalue weighted by atomic mass is 9.88. The Kier molecular flexibility index (Phi) is 4.71. The van der Waals surface area contributed by atoms with Crippen LogP contribution in [0.1, 0.15) is 37.7 Å². The Morgan fingerprint density at radius 3 is 2.64 bits per heavy atom. The van der Waals surface area contributed by atoms with Crippen molar-refractivity contribution in [2.75, 3.05) is 6.54 Å². The summed E-state index contributed by atoms with van der Waals surface area (Å²) in [6.07, 6.45) is 8.52. The van der Waals surface area contributed by atoms with Crippen molar-refractivity contribution >= 4 is 11.8 Å². The SMILES string of the molecule is O=C(CCNC(=O)[C@H]1C[C@H]2CC[C@H]1C2)NCc1ccncc1. The fraction of sp³-hybridized carbons (Fsp3) is 0.588. The van der Waals surface area contributed by atoms with E-state index in [-0.39, 0.29) is 17.7 Å². The molecule has 0 spiro atoms. The molecule has 0 aromatic carbocycles. The van der Waals surface area contributed by atoms with Crippen molar-refractivity contribution in [2.24, 2.45) is 17.8 Å². The second-order valence-electron chi connectivity index (χ2n) is 6.45. The summed E-state index contributed by atoms with van der Waals surface area (Å²) in [7, 11) is 0. The van der Waals surface area contributed by atoms with E-state index in [0.29, 0.717) is 25.4 Å².